The topological polar surface area (TPSA) is 59.3 Å². The van der Waals surface area contributed by atoms with Crippen molar-refractivity contribution in [1.29, 1.82) is 0 Å². The maximum absolute atomic E-state index is 5.93. The molecule has 1 aromatic rings. The molecule has 1 heterocycles. The van der Waals surface area contributed by atoms with E-state index in [9.17, 15) is 0 Å². The molecule has 4 heteroatoms. The first kappa shape index (κ1) is 12.2. The largest absolute Gasteiger partial charge is 0.497 e. The number of ether oxygens (including phenoxy) is 1. The van der Waals surface area contributed by atoms with E-state index in [1.54, 1.807) is 7.11 Å². The zero-order valence-electron chi connectivity index (χ0n) is 10.3. The summed E-state index contributed by atoms with van der Waals surface area (Å²) in [5.74, 6) is 0.877. The Labute approximate surface area is 103 Å². The van der Waals surface area contributed by atoms with Crippen LogP contribution in [0.1, 0.15) is 12.8 Å². The molecule has 1 aliphatic rings. The fourth-order valence-electron chi connectivity index (χ4n) is 2.27. The summed E-state index contributed by atoms with van der Waals surface area (Å²) in [6, 6.07) is 8.01. The van der Waals surface area contributed by atoms with Crippen molar-refractivity contribution >= 4 is 5.69 Å². The van der Waals surface area contributed by atoms with Gasteiger partial charge in [-0.15, -0.1) is 0 Å². The van der Waals surface area contributed by atoms with Crippen molar-refractivity contribution < 1.29 is 4.74 Å². The lowest BCUT2D eigenvalue weighted by Gasteiger charge is -2.38. The molecular formula is C13H21N3O. The van der Waals surface area contributed by atoms with E-state index in [-0.39, 0.29) is 5.54 Å². The van der Waals surface area contributed by atoms with Crippen LogP contribution in [0.3, 0.4) is 0 Å². The minimum atomic E-state index is 0.0415. The van der Waals surface area contributed by atoms with Crippen LogP contribution in [0.5, 0.6) is 5.75 Å². The van der Waals surface area contributed by atoms with Crippen LogP contribution in [-0.2, 0) is 0 Å². The van der Waals surface area contributed by atoms with Crippen molar-refractivity contribution in [3.05, 3.63) is 24.3 Å². The third kappa shape index (κ3) is 2.90. The summed E-state index contributed by atoms with van der Waals surface area (Å²) < 4.78 is 5.15. The van der Waals surface area contributed by atoms with Crippen molar-refractivity contribution in [3.8, 4) is 5.75 Å². The highest BCUT2D eigenvalue weighted by molar-refractivity contribution is 5.48. The van der Waals surface area contributed by atoms with Crippen LogP contribution in [-0.4, -0.2) is 32.3 Å². The second kappa shape index (κ2) is 5.38. The molecule has 1 aromatic carbocycles. The average Bonchev–Trinajstić information content (AvgIpc) is 2.41. The summed E-state index contributed by atoms with van der Waals surface area (Å²) in [6.45, 7) is 2.72. The second-order valence-electron chi connectivity index (χ2n) is 4.59. The number of benzene rings is 1. The summed E-state index contributed by atoms with van der Waals surface area (Å²) in [5, 5.41) is 6.94. The molecule has 2 rings (SSSR count). The molecule has 17 heavy (non-hydrogen) atoms. The first-order chi connectivity index (χ1) is 8.28. The Balaban J connectivity index is 2.06. The van der Waals surface area contributed by atoms with Crippen molar-refractivity contribution in [2.45, 2.75) is 18.4 Å². The second-order valence-corrected chi connectivity index (χ2v) is 4.59. The Bertz CT molecular complexity index is 344. The molecule has 1 saturated heterocycles. The van der Waals surface area contributed by atoms with Crippen LogP contribution >= 0.6 is 0 Å². The Morgan fingerprint density at radius 3 is 2.47 bits per heavy atom. The molecule has 0 saturated carbocycles. The Hall–Kier alpha value is -1.26. The number of hydrogen-bond donors (Lipinski definition) is 3. The van der Waals surface area contributed by atoms with Crippen molar-refractivity contribution in [2.24, 2.45) is 5.73 Å². The molecule has 0 amide bonds. The molecular weight excluding hydrogens is 214 g/mol. The maximum atomic E-state index is 5.93. The zero-order valence-corrected chi connectivity index (χ0v) is 10.3. The fraction of sp³-hybridized carbons (Fsp3) is 0.538. The summed E-state index contributed by atoms with van der Waals surface area (Å²) in [7, 11) is 1.68. The molecule has 0 spiro atoms. The summed E-state index contributed by atoms with van der Waals surface area (Å²) in [5.41, 5.74) is 7.08. The molecule has 0 atom stereocenters. The normalized spacial score (nSPS) is 18.7. The van der Waals surface area contributed by atoms with Gasteiger partial charge < -0.3 is 21.1 Å². The van der Waals surface area contributed by atoms with E-state index >= 15 is 0 Å². The average molecular weight is 235 g/mol. The van der Waals surface area contributed by atoms with Crippen LogP contribution in [0.2, 0.25) is 0 Å². The Morgan fingerprint density at radius 2 is 1.94 bits per heavy atom. The molecule has 4 nitrogen and oxygen atoms in total. The van der Waals surface area contributed by atoms with Gasteiger partial charge in [-0.2, -0.15) is 0 Å². The van der Waals surface area contributed by atoms with Gasteiger partial charge in [0.1, 0.15) is 5.75 Å². The third-order valence-corrected chi connectivity index (χ3v) is 3.45. The molecule has 94 valence electrons. The highest BCUT2D eigenvalue weighted by atomic mass is 16.5. The number of nitrogens with one attached hydrogen (secondary N) is 2. The van der Waals surface area contributed by atoms with Crippen LogP contribution in [0.25, 0.3) is 0 Å². The van der Waals surface area contributed by atoms with Crippen LogP contribution < -0.4 is 21.1 Å². The Kier molecular flexibility index (Phi) is 3.86. The van der Waals surface area contributed by atoms with Crippen molar-refractivity contribution in [3.63, 3.8) is 0 Å². The maximum Gasteiger partial charge on any atom is 0.119 e. The monoisotopic (exact) mass is 235 g/mol. The van der Waals surface area contributed by atoms with E-state index < -0.39 is 0 Å². The van der Waals surface area contributed by atoms with E-state index in [0.717, 1.165) is 37.4 Å². The Morgan fingerprint density at radius 1 is 1.29 bits per heavy atom. The van der Waals surface area contributed by atoms with Crippen LogP contribution in [0.15, 0.2) is 24.3 Å². The zero-order chi connectivity index (χ0) is 12.1. The van der Waals surface area contributed by atoms with Gasteiger partial charge in [0.25, 0.3) is 0 Å². The van der Waals surface area contributed by atoms with E-state index in [2.05, 4.69) is 10.6 Å². The summed E-state index contributed by atoms with van der Waals surface area (Å²) >= 11 is 0. The van der Waals surface area contributed by atoms with Gasteiger partial charge in [0.15, 0.2) is 0 Å². The predicted molar refractivity (Wildman–Crippen MR) is 70.5 cm³/mol. The third-order valence-electron chi connectivity index (χ3n) is 3.45. The van der Waals surface area contributed by atoms with E-state index in [1.807, 2.05) is 24.3 Å². The van der Waals surface area contributed by atoms with Crippen LogP contribution in [0, 0.1) is 0 Å². The standard InChI is InChI=1S/C13H21N3O/c1-17-12-4-2-11(3-5-12)16-13(10-14)6-8-15-9-7-13/h2-5,15-16H,6-10,14H2,1H3. The highest BCUT2D eigenvalue weighted by Gasteiger charge is 2.30. The molecule has 0 unspecified atom stereocenters. The lowest BCUT2D eigenvalue weighted by molar-refractivity contribution is 0.346. The quantitative estimate of drug-likeness (QED) is 0.733. The van der Waals surface area contributed by atoms with E-state index in [4.69, 9.17) is 10.5 Å². The summed E-state index contributed by atoms with van der Waals surface area (Å²) in [6.07, 6.45) is 2.13. The van der Waals surface area contributed by atoms with E-state index in [0.29, 0.717) is 6.54 Å². The van der Waals surface area contributed by atoms with E-state index in [1.165, 1.54) is 0 Å². The number of anilines is 1. The minimum Gasteiger partial charge on any atom is -0.497 e. The molecule has 0 bridgehead atoms. The highest BCUT2D eigenvalue weighted by Crippen LogP contribution is 2.24. The molecule has 0 aromatic heterocycles. The number of nitrogens with two attached hydrogens (primary N) is 1. The molecule has 1 aliphatic heterocycles. The van der Waals surface area contributed by atoms with Crippen molar-refractivity contribution in [1.82, 2.24) is 5.32 Å². The lowest BCUT2D eigenvalue weighted by atomic mass is 9.88. The van der Waals surface area contributed by atoms with Gasteiger partial charge in [-0.3, -0.25) is 0 Å². The summed E-state index contributed by atoms with van der Waals surface area (Å²) in [4.78, 5) is 0. The van der Waals surface area contributed by atoms with Crippen molar-refractivity contribution in [2.75, 3.05) is 32.1 Å². The molecule has 0 radical (unpaired) electrons. The van der Waals surface area contributed by atoms with Gasteiger partial charge in [-0.25, -0.2) is 0 Å². The fourth-order valence-corrected chi connectivity index (χ4v) is 2.27. The number of rotatable bonds is 4. The number of methoxy groups -OCH3 is 1. The number of piperidine rings is 1. The smallest absolute Gasteiger partial charge is 0.119 e. The minimum absolute atomic E-state index is 0.0415. The number of hydrogen-bond acceptors (Lipinski definition) is 4. The van der Waals surface area contributed by atoms with Gasteiger partial charge >= 0.3 is 0 Å². The van der Waals surface area contributed by atoms with Gasteiger partial charge in [0.2, 0.25) is 0 Å². The van der Waals surface area contributed by atoms with Gasteiger partial charge in [-0.05, 0) is 50.2 Å². The molecule has 0 aliphatic carbocycles. The predicted octanol–water partition coefficient (Wildman–Crippen LogP) is 1.19. The first-order valence-corrected chi connectivity index (χ1v) is 6.11. The molecule has 1 fully saturated rings. The van der Waals surface area contributed by atoms with Gasteiger partial charge in [-0.1, -0.05) is 0 Å². The SMILES string of the molecule is COc1ccc(NC2(CN)CCNCC2)cc1. The van der Waals surface area contributed by atoms with Gasteiger partial charge in [0.05, 0.1) is 12.6 Å². The van der Waals surface area contributed by atoms with Gasteiger partial charge in [0, 0.05) is 12.2 Å². The van der Waals surface area contributed by atoms with Crippen LogP contribution in [0.4, 0.5) is 5.69 Å². The first-order valence-electron chi connectivity index (χ1n) is 6.11. The lowest BCUT2D eigenvalue weighted by Crippen LogP contribution is -2.52. The molecule has 4 N–H and O–H groups in total.